The normalized spacial score (nSPS) is 18.2. The van der Waals surface area contributed by atoms with E-state index in [0.717, 1.165) is 29.7 Å². The van der Waals surface area contributed by atoms with Crippen LogP contribution in [-0.2, 0) is 17.8 Å². The third-order valence-electron chi connectivity index (χ3n) is 4.87. The van der Waals surface area contributed by atoms with Gasteiger partial charge < -0.3 is 4.74 Å². The van der Waals surface area contributed by atoms with Crippen LogP contribution in [0.5, 0.6) is 5.06 Å². The fourth-order valence-electron chi connectivity index (χ4n) is 3.50. The number of hydrogen-bond donors (Lipinski definition) is 0. The average Bonchev–Trinajstić information content (AvgIpc) is 3.37. The van der Waals surface area contributed by atoms with E-state index in [4.69, 9.17) is 16.3 Å². The van der Waals surface area contributed by atoms with Crippen LogP contribution in [0, 0.1) is 11.7 Å². The summed E-state index contributed by atoms with van der Waals surface area (Å²) in [6, 6.07) is 7.72. The first-order valence-electron chi connectivity index (χ1n) is 8.54. The van der Waals surface area contributed by atoms with E-state index in [9.17, 15) is 14.0 Å². The molecule has 1 unspecified atom stereocenters. The molecule has 0 amide bonds. The zero-order valence-electron chi connectivity index (χ0n) is 13.9. The number of thiophene rings is 1. The first kappa shape index (κ1) is 17.6. The molecule has 0 saturated heterocycles. The van der Waals surface area contributed by atoms with Gasteiger partial charge in [-0.3, -0.25) is 9.69 Å². The molecular formula is C19H17ClFNO3S. The SMILES string of the molecule is O=C(Cl)Oc1cc2c(s1)CCN(C(C(=O)C1CC1)c1ccccc1F)C2. The van der Waals surface area contributed by atoms with E-state index in [-0.39, 0.29) is 17.5 Å². The number of hydrogen-bond acceptors (Lipinski definition) is 5. The van der Waals surface area contributed by atoms with E-state index < -0.39 is 11.5 Å². The topological polar surface area (TPSA) is 46.6 Å². The molecule has 1 aliphatic heterocycles. The van der Waals surface area contributed by atoms with Crippen LogP contribution in [0.3, 0.4) is 0 Å². The van der Waals surface area contributed by atoms with Crippen LogP contribution >= 0.6 is 22.9 Å². The summed E-state index contributed by atoms with van der Waals surface area (Å²) in [5.74, 6) is -0.211. The summed E-state index contributed by atoms with van der Waals surface area (Å²) < 4.78 is 19.4. The van der Waals surface area contributed by atoms with Crippen LogP contribution in [0.25, 0.3) is 0 Å². The Morgan fingerprint density at radius 1 is 1.31 bits per heavy atom. The minimum Gasteiger partial charge on any atom is -0.403 e. The first-order chi connectivity index (χ1) is 12.5. The molecule has 0 radical (unpaired) electrons. The highest BCUT2D eigenvalue weighted by atomic mass is 35.5. The van der Waals surface area contributed by atoms with Gasteiger partial charge in [-0.1, -0.05) is 18.2 Å². The summed E-state index contributed by atoms with van der Waals surface area (Å²) in [6.07, 6.45) is 2.50. The second kappa shape index (κ2) is 7.10. The van der Waals surface area contributed by atoms with Gasteiger partial charge in [0.15, 0.2) is 10.8 Å². The third-order valence-corrected chi connectivity index (χ3v) is 6.06. The molecule has 4 rings (SSSR count). The number of ketones is 1. The van der Waals surface area contributed by atoms with Gasteiger partial charge in [0.2, 0.25) is 0 Å². The lowest BCUT2D eigenvalue weighted by Crippen LogP contribution is -2.38. The Bertz CT molecular complexity index is 864. The zero-order chi connectivity index (χ0) is 18.3. The van der Waals surface area contributed by atoms with E-state index in [1.54, 1.807) is 24.3 Å². The molecule has 2 aromatic rings. The molecule has 4 nitrogen and oxygen atoms in total. The van der Waals surface area contributed by atoms with Gasteiger partial charge >= 0.3 is 5.43 Å². The molecule has 1 aliphatic carbocycles. The van der Waals surface area contributed by atoms with Crippen molar-refractivity contribution in [2.24, 2.45) is 5.92 Å². The van der Waals surface area contributed by atoms with E-state index in [1.807, 2.05) is 4.90 Å². The van der Waals surface area contributed by atoms with Crippen molar-refractivity contribution in [2.45, 2.75) is 31.8 Å². The number of ether oxygens (including phenoxy) is 1. The van der Waals surface area contributed by atoms with Crippen molar-refractivity contribution in [3.8, 4) is 5.06 Å². The fraction of sp³-hybridized carbons (Fsp3) is 0.368. The molecule has 1 aromatic carbocycles. The smallest absolute Gasteiger partial charge is 0.403 e. The average molecular weight is 394 g/mol. The molecule has 0 bridgehead atoms. The molecule has 26 heavy (non-hydrogen) atoms. The Morgan fingerprint density at radius 3 is 2.77 bits per heavy atom. The largest absolute Gasteiger partial charge is 0.409 e. The van der Waals surface area contributed by atoms with Gasteiger partial charge in [0, 0.05) is 41.0 Å². The Labute approximate surface area is 159 Å². The molecule has 7 heteroatoms. The number of Topliss-reactive ketones (excluding diaryl/α,β-unsaturated/α-hetero) is 1. The van der Waals surface area contributed by atoms with Crippen molar-refractivity contribution in [1.29, 1.82) is 0 Å². The third kappa shape index (κ3) is 3.54. The van der Waals surface area contributed by atoms with Crippen molar-refractivity contribution in [1.82, 2.24) is 4.90 Å². The van der Waals surface area contributed by atoms with Crippen molar-refractivity contribution in [3.63, 3.8) is 0 Å². The molecular weight excluding hydrogens is 377 g/mol. The summed E-state index contributed by atoms with van der Waals surface area (Å²) in [5.41, 5.74) is 0.572. The number of fused-ring (bicyclic) bond motifs is 1. The maximum Gasteiger partial charge on any atom is 0.409 e. The molecule has 2 aliphatic rings. The van der Waals surface area contributed by atoms with Gasteiger partial charge in [0.1, 0.15) is 5.82 Å². The Balaban J connectivity index is 1.63. The van der Waals surface area contributed by atoms with Crippen LogP contribution in [0.4, 0.5) is 9.18 Å². The number of nitrogens with zero attached hydrogens (tertiary/aromatic N) is 1. The van der Waals surface area contributed by atoms with Crippen LogP contribution < -0.4 is 4.74 Å². The van der Waals surface area contributed by atoms with Crippen LogP contribution in [0.15, 0.2) is 30.3 Å². The lowest BCUT2D eigenvalue weighted by atomic mass is 9.95. The zero-order valence-corrected chi connectivity index (χ0v) is 15.5. The first-order valence-corrected chi connectivity index (χ1v) is 9.73. The van der Waals surface area contributed by atoms with Crippen LogP contribution in [-0.4, -0.2) is 22.7 Å². The molecule has 1 fully saturated rings. The van der Waals surface area contributed by atoms with E-state index in [0.29, 0.717) is 23.7 Å². The molecule has 0 N–H and O–H groups in total. The highest BCUT2D eigenvalue weighted by Crippen LogP contribution is 2.41. The van der Waals surface area contributed by atoms with Crippen molar-refractivity contribution >= 4 is 34.1 Å². The number of benzene rings is 1. The molecule has 0 spiro atoms. The van der Waals surface area contributed by atoms with Gasteiger partial charge in [-0.15, -0.1) is 11.3 Å². The van der Waals surface area contributed by atoms with Gasteiger partial charge in [0.25, 0.3) is 0 Å². The number of carbonyl (C=O) groups is 2. The summed E-state index contributed by atoms with van der Waals surface area (Å²) in [7, 11) is 0. The van der Waals surface area contributed by atoms with Gasteiger partial charge in [0.05, 0.1) is 6.04 Å². The van der Waals surface area contributed by atoms with Gasteiger partial charge in [-0.2, -0.15) is 0 Å². The van der Waals surface area contributed by atoms with E-state index in [1.165, 1.54) is 17.4 Å². The number of rotatable bonds is 5. The molecule has 2 heterocycles. The Hall–Kier alpha value is -1.76. The highest BCUT2D eigenvalue weighted by molar-refractivity contribution is 7.14. The summed E-state index contributed by atoms with van der Waals surface area (Å²) in [6.45, 7) is 1.17. The molecule has 136 valence electrons. The summed E-state index contributed by atoms with van der Waals surface area (Å²) >= 11 is 6.67. The van der Waals surface area contributed by atoms with Crippen LogP contribution in [0.2, 0.25) is 0 Å². The lowest BCUT2D eigenvalue weighted by molar-refractivity contribution is -0.126. The predicted octanol–water partition coefficient (Wildman–Crippen LogP) is 4.70. The molecule has 1 atom stereocenters. The lowest BCUT2D eigenvalue weighted by Gasteiger charge is -2.34. The summed E-state index contributed by atoms with van der Waals surface area (Å²) in [5, 5.41) is 0.452. The predicted molar refractivity (Wildman–Crippen MR) is 97.2 cm³/mol. The summed E-state index contributed by atoms with van der Waals surface area (Å²) in [4.78, 5) is 27.0. The fourth-order valence-corrected chi connectivity index (χ4v) is 4.63. The van der Waals surface area contributed by atoms with Gasteiger partial charge in [-0.25, -0.2) is 9.18 Å². The number of carbonyl (C=O) groups excluding carboxylic acids is 2. The van der Waals surface area contributed by atoms with Gasteiger partial charge in [-0.05, 0) is 37.0 Å². The Kier molecular flexibility index (Phi) is 4.82. The van der Waals surface area contributed by atoms with Crippen molar-refractivity contribution < 1.29 is 18.7 Å². The second-order valence-corrected chi connectivity index (χ2v) is 8.08. The monoisotopic (exact) mass is 393 g/mol. The quantitative estimate of drug-likeness (QED) is 0.690. The minimum absolute atomic E-state index is 0.0382. The van der Waals surface area contributed by atoms with Crippen molar-refractivity contribution in [2.75, 3.05) is 6.54 Å². The second-order valence-electron chi connectivity index (χ2n) is 6.67. The Morgan fingerprint density at radius 2 is 2.08 bits per heavy atom. The van der Waals surface area contributed by atoms with Crippen molar-refractivity contribution in [3.05, 3.63) is 52.2 Å². The maximum atomic E-state index is 14.4. The van der Waals surface area contributed by atoms with Crippen LogP contribution in [0.1, 0.15) is 34.9 Å². The number of halogens is 2. The maximum absolute atomic E-state index is 14.4. The van der Waals surface area contributed by atoms with E-state index in [2.05, 4.69) is 0 Å². The molecule has 1 aromatic heterocycles. The highest BCUT2D eigenvalue weighted by Gasteiger charge is 2.40. The standard InChI is InChI=1S/C19H17ClFNO3S/c20-19(24)25-16-9-12-10-22(8-7-15(12)26-16)17(18(23)11-5-6-11)13-3-1-2-4-14(13)21/h1-4,9,11,17H,5-8,10H2. The molecule has 1 saturated carbocycles. The van der Waals surface area contributed by atoms with E-state index >= 15 is 0 Å². The minimum atomic E-state index is -0.867.